The summed E-state index contributed by atoms with van der Waals surface area (Å²) in [6.45, 7) is 3.37. The highest BCUT2D eigenvalue weighted by atomic mass is 79.9. The van der Waals surface area contributed by atoms with Gasteiger partial charge in [-0.05, 0) is 49.4 Å². The number of halogens is 1. The first-order chi connectivity index (χ1) is 9.19. The molecule has 1 fully saturated rings. The maximum absolute atomic E-state index is 10.2. The molecule has 0 aliphatic carbocycles. The van der Waals surface area contributed by atoms with E-state index in [1.807, 2.05) is 24.3 Å². The molecule has 0 bridgehead atoms. The second kappa shape index (κ2) is 7.39. The molecule has 0 spiro atoms. The van der Waals surface area contributed by atoms with Gasteiger partial charge < -0.3 is 15.1 Å². The molecule has 4 heteroatoms. The molecule has 1 aliphatic heterocycles. The van der Waals surface area contributed by atoms with Gasteiger partial charge in [0.15, 0.2) is 0 Å². The van der Waals surface area contributed by atoms with Crippen LogP contribution in [0.25, 0.3) is 0 Å². The van der Waals surface area contributed by atoms with Crippen LogP contribution >= 0.6 is 15.9 Å². The molecule has 106 valence electrons. The van der Waals surface area contributed by atoms with Gasteiger partial charge in [-0.25, -0.2) is 0 Å². The summed E-state index contributed by atoms with van der Waals surface area (Å²) in [7, 11) is 0. The second-order valence-electron chi connectivity index (χ2n) is 5.33. The van der Waals surface area contributed by atoms with E-state index in [9.17, 15) is 5.11 Å². The van der Waals surface area contributed by atoms with E-state index in [0.717, 1.165) is 42.5 Å². The smallest absolute Gasteiger partial charge is 0.0802 e. The molecule has 1 aromatic rings. The zero-order valence-electron chi connectivity index (χ0n) is 11.1. The van der Waals surface area contributed by atoms with Crippen molar-refractivity contribution >= 4 is 15.9 Å². The number of likely N-dealkylation sites (tertiary alicyclic amines) is 1. The maximum atomic E-state index is 10.2. The number of aliphatic hydroxyl groups excluding tert-OH is 2. The molecule has 1 saturated heterocycles. The van der Waals surface area contributed by atoms with Crippen LogP contribution in [0.15, 0.2) is 28.7 Å². The van der Waals surface area contributed by atoms with Crippen LogP contribution in [0.4, 0.5) is 0 Å². The average molecular weight is 328 g/mol. The van der Waals surface area contributed by atoms with Gasteiger partial charge in [0.1, 0.15) is 0 Å². The molecule has 1 aromatic carbocycles. The van der Waals surface area contributed by atoms with E-state index in [1.54, 1.807) is 0 Å². The number of hydrogen-bond acceptors (Lipinski definition) is 3. The highest BCUT2D eigenvalue weighted by Crippen LogP contribution is 2.23. The van der Waals surface area contributed by atoms with Crippen molar-refractivity contribution in [3.05, 3.63) is 34.3 Å². The lowest BCUT2D eigenvalue weighted by molar-refractivity contribution is 0.147. The Hall–Kier alpha value is -0.420. The Morgan fingerprint density at radius 3 is 3.00 bits per heavy atom. The van der Waals surface area contributed by atoms with Crippen molar-refractivity contribution in [2.75, 3.05) is 26.2 Å². The summed E-state index contributed by atoms with van der Waals surface area (Å²) < 4.78 is 1.01. The van der Waals surface area contributed by atoms with E-state index in [1.165, 1.54) is 6.42 Å². The number of benzene rings is 1. The zero-order valence-corrected chi connectivity index (χ0v) is 12.7. The van der Waals surface area contributed by atoms with E-state index in [0.29, 0.717) is 12.5 Å². The molecule has 2 N–H and O–H groups in total. The molecule has 0 radical (unpaired) electrons. The molecular formula is C15H22BrNO2. The third-order valence-electron chi connectivity index (χ3n) is 3.86. The Morgan fingerprint density at radius 1 is 1.42 bits per heavy atom. The summed E-state index contributed by atoms with van der Waals surface area (Å²) in [4.78, 5) is 2.39. The average Bonchev–Trinajstić information content (AvgIpc) is 2.84. The summed E-state index contributed by atoms with van der Waals surface area (Å²) in [5.41, 5.74) is 0.973. The van der Waals surface area contributed by atoms with E-state index in [4.69, 9.17) is 5.11 Å². The molecular weight excluding hydrogens is 306 g/mol. The molecule has 19 heavy (non-hydrogen) atoms. The quantitative estimate of drug-likeness (QED) is 0.844. The predicted octanol–water partition coefficient (Wildman–Crippen LogP) is 2.58. The van der Waals surface area contributed by atoms with Crippen molar-refractivity contribution in [1.82, 2.24) is 4.90 Å². The van der Waals surface area contributed by atoms with Crippen molar-refractivity contribution < 1.29 is 10.2 Å². The maximum Gasteiger partial charge on any atom is 0.0802 e. The van der Waals surface area contributed by atoms with E-state index >= 15 is 0 Å². The number of aliphatic hydroxyl groups is 2. The molecule has 1 heterocycles. The minimum Gasteiger partial charge on any atom is -0.396 e. The van der Waals surface area contributed by atoms with Gasteiger partial charge in [0.25, 0.3) is 0 Å². The Bertz CT molecular complexity index is 399. The fraction of sp³-hybridized carbons (Fsp3) is 0.600. The van der Waals surface area contributed by atoms with Gasteiger partial charge in [-0.15, -0.1) is 0 Å². The highest BCUT2D eigenvalue weighted by Gasteiger charge is 2.22. The molecule has 0 saturated carbocycles. The van der Waals surface area contributed by atoms with Gasteiger partial charge in [0, 0.05) is 24.2 Å². The van der Waals surface area contributed by atoms with Crippen LogP contribution in [0.1, 0.15) is 30.9 Å². The van der Waals surface area contributed by atoms with Crippen molar-refractivity contribution in [3.63, 3.8) is 0 Å². The third kappa shape index (κ3) is 4.56. The van der Waals surface area contributed by atoms with Crippen LogP contribution in [0, 0.1) is 5.92 Å². The molecule has 2 unspecified atom stereocenters. The molecule has 3 nitrogen and oxygen atoms in total. The lowest BCUT2D eigenvalue weighted by atomic mass is 10.1. The van der Waals surface area contributed by atoms with Gasteiger partial charge in [-0.3, -0.25) is 0 Å². The predicted molar refractivity (Wildman–Crippen MR) is 80.0 cm³/mol. The highest BCUT2D eigenvalue weighted by molar-refractivity contribution is 9.10. The van der Waals surface area contributed by atoms with Crippen LogP contribution in [0.5, 0.6) is 0 Å². The van der Waals surface area contributed by atoms with Crippen LogP contribution in [-0.2, 0) is 0 Å². The number of hydrogen-bond donors (Lipinski definition) is 2. The van der Waals surface area contributed by atoms with Crippen LogP contribution in [-0.4, -0.2) is 41.4 Å². The number of rotatable bonds is 6. The Morgan fingerprint density at radius 2 is 2.26 bits per heavy atom. The van der Waals surface area contributed by atoms with Gasteiger partial charge in [0.2, 0.25) is 0 Å². The van der Waals surface area contributed by atoms with Crippen molar-refractivity contribution in [2.45, 2.75) is 25.4 Å². The SMILES string of the molecule is OCCC1CCN(CCC(O)c2cccc(Br)c2)C1. The standard InChI is InChI=1S/C15H22BrNO2/c16-14-3-1-2-13(10-14)15(19)5-8-17-7-4-12(11-17)6-9-18/h1-3,10,12,15,18-19H,4-9,11H2. The fourth-order valence-electron chi connectivity index (χ4n) is 2.72. The van der Waals surface area contributed by atoms with Gasteiger partial charge in [-0.1, -0.05) is 28.1 Å². The molecule has 2 atom stereocenters. The van der Waals surface area contributed by atoms with E-state index < -0.39 is 6.10 Å². The van der Waals surface area contributed by atoms with Crippen molar-refractivity contribution in [2.24, 2.45) is 5.92 Å². The van der Waals surface area contributed by atoms with E-state index in [-0.39, 0.29) is 0 Å². The van der Waals surface area contributed by atoms with Crippen LogP contribution in [0.3, 0.4) is 0 Å². The molecule has 0 aromatic heterocycles. The van der Waals surface area contributed by atoms with Crippen LogP contribution in [0.2, 0.25) is 0 Å². The topological polar surface area (TPSA) is 43.7 Å². The summed E-state index contributed by atoms with van der Waals surface area (Å²) in [6, 6.07) is 7.86. The van der Waals surface area contributed by atoms with Gasteiger partial charge >= 0.3 is 0 Å². The van der Waals surface area contributed by atoms with Crippen LogP contribution < -0.4 is 0 Å². The van der Waals surface area contributed by atoms with E-state index in [2.05, 4.69) is 20.8 Å². The fourth-order valence-corrected chi connectivity index (χ4v) is 3.14. The minimum absolute atomic E-state index is 0.291. The first-order valence-electron chi connectivity index (χ1n) is 6.96. The third-order valence-corrected chi connectivity index (χ3v) is 4.35. The van der Waals surface area contributed by atoms with Gasteiger partial charge in [0.05, 0.1) is 6.10 Å². The summed E-state index contributed by atoms with van der Waals surface area (Å²) in [6.07, 6.45) is 2.45. The summed E-state index contributed by atoms with van der Waals surface area (Å²) in [5, 5.41) is 19.1. The van der Waals surface area contributed by atoms with Crippen molar-refractivity contribution in [3.8, 4) is 0 Å². The molecule has 1 aliphatic rings. The van der Waals surface area contributed by atoms with Crippen molar-refractivity contribution in [1.29, 1.82) is 0 Å². The minimum atomic E-state index is -0.394. The number of nitrogens with zero attached hydrogens (tertiary/aromatic N) is 1. The largest absolute Gasteiger partial charge is 0.396 e. The molecule has 2 rings (SSSR count). The Labute approximate surface area is 123 Å². The Kier molecular flexibility index (Phi) is 5.82. The second-order valence-corrected chi connectivity index (χ2v) is 6.24. The molecule has 0 amide bonds. The zero-order chi connectivity index (χ0) is 13.7. The first kappa shape index (κ1) is 15.0. The normalized spacial score (nSPS) is 21.7. The first-order valence-corrected chi connectivity index (χ1v) is 7.75. The lowest BCUT2D eigenvalue weighted by Crippen LogP contribution is -2.23. The Balaban J connectivity index is 1.76. The summed E-state index contributed by atoms with van der Waals surface area (Å²) >= 11 is 3.43. The lowest BCUT2D eigenvalue weighted by Gasteiger charge is -2.18. The monoisotopic (exact) mass is 327 g/mol. The van der Waals surface area contributed by atoms with Gasteiger partial charge in [-0.2, -0.15) is 0 Å². The summed E-state index contributed by atoms with van der Waals surface area (Å²) in [5.74, 6) is 0.632.